The number of hydrogen-bond acceptors (Lipinski definition) is 5. The molecule has 0 radical (unpaired) electrons. The first kappa shape index (κ1) is 17.4. The number of anilines is 1. The van der Waals surface area contributed by atoms with Gasteiger partial charge < -0.3 is 19.7 Å². The predicted molar refractivity (Wildman–Crippen MR) is 106 cm³/mol. The maximum absolute atomic E-state index is 11.5. The summed E-state index contributed by atoms with van der Waals surface area (Å²) >= 11 is 0. The van der Waals surface area contributed by atoms with Crippen molar-refractivity contribution in [2.45, 2.75) is 37.0 Å². The molecule has 0 amide bonds. The lowest BCUT2D eigenvalue weighted by atomic mass is 9.72. The van der Waals surface area contributed by atoms with Gasteiger partial charge in [-0.05, 0) is 36.1 Å². The second kappa shape index (κ2) is 6.72. The average molecular weight is 376 g/mol. The minimum absolute atomic E-state index is 0.0513. The third-order valence-electron chi connectivity index (χ3n) is 6.51. The SMILES string of the molecule is OCc1cc(N2CCC3(CC2)c2ccccc2[C@@H](n2ccnc2)[C@@H]3O)ccn1. The van der Waals surface area contributed by atoms with Gasteiger partial charge in [-0.2, -0.15) is 0 Å². The maximum Gasteiger partial charge on any atom is 0.0952 e. The van der Waals surface area contributed by atoms with Crippen LogP contribution in [-0.4, -0.2) is 43.9 Å². The second-order valence-electron chi connectivity index (χ2n) is 7.79. The first-order chi connectivity index (χ1) is 13.7. The molecule has 0 saturated carbocycles. The number of aromatic nitrogens is 3. The van der Waals surface area contributed by atoms with E-state index in [2.05, 4.69) is 39.1 Å². The minimum atomic E-state index is -0.480. The van der Waals surface area contributed by atoms with Gasteiger partial charge in [-0.25, -0.2) is 4.98 Å². The van der Waals surface area contributed by atoms with Crippen LogP contribution >= 0.6 is 0 Å². The molecule has 1 saturated heterocycles. The predicted octanol–water partition coefficient (Wildman–Crippen LogP) is 2.27. The van der Waals surface area contributed by atoms with Crippen molar-refractivity contribution in [2.24, 2.45) is 0 Å². The molecule has 1 aromatic carbocycles. The van der Waals surface area contributed by atoms with Crippen molar-refractivity contribution >= 4 is 5.69 Å². The number of hydrogen-bond donors (Lipinski definition) is 2. The van der Waals surface area contributed by atoms with Crippen LogP contribution in [0.15, 0.2) is 61.3 Å². The number of nitrogens with zero attached hydrogens (tertiary/aromatic N) is 4. The number of aliphatic hydroxyl groups is 2. The molecule has 2 aliphatic rings. The van der Waals surface area contributed by atoms with Crippen LogP contribution in [0.1, 0.15) is 35.7 Å². The molecule has 1 fully saturated rings. The normalized spacial score (nSPS) is 23.1. The van der Waals surface area contributed by atoms with E-state index in [1.807, 2.05) is 22.9 Å². The molecule has 0 bridgehead atoms. The van der Waals surface area contributed by atoms with Crippen molar-refractivity contribution in [1.29, 1.82) is 0 Å². The Hall–Kier alpha value is -2.70. The highest BCUT2D eigenvalue weighted by Gasteiger charge is 2.53. The number of rotatable bonds is 3. The molecule has 2 aromatic heterocycles. The Morgan fingerprint density at radius 1 is 1.11 bits per heavy atom. The molecule has 3 aromatic rings. The van der Waals surface area contributed by atoms with Gasteiger partial charge in [0.2, 0.25) is 0 Å². The number of piperidine rings is 1. The lowest BCUT2D eigenvalue weighted by Crippen LogP contribution is -2.48. The molecule has 144 valence electrons. The molecule has 2 N–H and O–H groups in total. The Morgan fingerprint density at radius 2 is 1.93 bits per heavy atom. The molecule has 6 heteroatoms. The van der Waals surface area contributed by atoms with Crippen LogP contribution < -0.4 is 4.90 Å². The monoisotopic (exact) mass is 376 g/mol. The summed E-state index contributed by atoms with van der Waals surface area (Å²) in [7, 11) is 0. The number of benzene rings is 1. The summed E-state index contributed by atoms with van der Waals surface area (Å²) in [6.45, 7) is 1.66. The smallest absolute Gasteiger partial charge is 0.0952 e. The van der Waals surface area contributed by atoms with Gasteiger partial charge in [-0.3, -0.25) is 4.98 Å². The first-order valence-corrected chi connectivity index (χ1v) is 9.78. The molecule has 5 rings (SSSR count). The molecule has 28 heavy (non-hydrogen) atoms. The van der Waals surface area contributed by atoms with Gasteiger partial charge in [0.05, 0.1) is 30.8 Å². The van der Waals surface area contributed by atoms with Gasteiger partial charge in [0, 0.05) is 42.8 Å². The second-order valence-corrected chi connectivity index (χ2v) is 7.79. The van der Waals surface area contributed by atoms with E-state index < -0.39 is 6.10 Å². The number of aliphatic hydroxyl groups excluding tert-OH is 2. The van der Waals surface area contributed by atoms with E-state index in [1.165, 1.54) is 11.1 Å². The van der Waals surface area contributed by atoms with Gasteiger partial charge in [-0.15, -0.1) is 0 Å². The molecular weight excluding hydrogens is 352 g/mol. The first-order valence-electron chi connectivity index (χ1n) is 9.78. The lowest BCUT2D eigenvalue weighted by molar-refractivity contribution is 0.0493. The van der Waals surface area contributed by atoms with Gasteiger partial charge in [0.1, 0.15) is 0 Å². The third-order valence-corrected chi connectivity index (χ3v) is 6.51. The zero-order valence-electron chi connectivity index (χ0n) is 15.6. The highest BCUT2D eigenvalue weighted by Crippen LogP contribution is 2.52. The number of fused-ring (bicyclic) bond motifs is 2. The highest BCUT2D eigenvalue weighted by atomic mass is 16.3. The number of pyridine rings is 1. The van der Waals surface area contributed by atoms with E-state index in [0.29, 0.717) is 5.69 Å². The van der Waals surface area contributed by atoms with E-state index in [0.717, 1.165) is 31.6 Å². The van der Waals surface area contributed by atoms with Crippen molar-refractivity contribution in [1.82, 2.24) is 14.5 Å². The summed E-state index contributed by atoms with van der Waals surface area (Å²) in [4.78, 5) is 10.7. The fourth-order valence-electron chi connectivity index (χ4n) is 5.08. The van der Waals surface area contributed by atoms with E-state index in [4.69, 9.17) is 0 Å². The van der Waals surface area contributed by atoms with Gasteiger partial charge >= 0.3 is 0 Å². The highest BCUT2D eigenvalue weighted by molar-refractivity contribution is 5.51. The van der Waals surface area contributed by atoms with E-state index in [9.17, 15) is 10.2 Å². The fourth-order valence-corrected chi connectivity index (χ4v) is 5.08. The fraction of sp³-hybridized carbons (Fsp3) is 0.364. The minimum Gasteiger partial charge on any atom is -0.390 e. The molecule has 1 aliphatic carbocycles. The van der Waals surface area contributed by atoms with Crippen LogP contribution in [0.25, 0.3) is 0 Å². The summed E-state index contributed by atoms with van der Waals surface area (Å²) < 4.78 is 2.03. The van der Waals surface area contributed by atoms with Crippen LogP contribution in [0.2, 0.25) is 0 Å². The average Bonchev–Trinajstić information content (AvgIpc) is 3.35. The van der Waals surface area contributed by atoms with Crippen LogP contribution in [0.5, 0.6) is 0 Å². The van der Waals surface area contributed by atoms with Gasteiger partial charge in [0.15, 0.2) is 0 Å². The van der Waals surface area contributed by atoms with Crippen LogP contribution in [-0.2, 0) is 12.0 Å². The number of imidazole rings is 1. The maximum atomic E-state index is 11.5. The lowest BCUT2D eigenvalue weighted by Gasteiger charge is -2.43. The largest absolute Gasteiger partial charge is 0.390 e. The van der Waals surface area contributed by atoms with E-state index in [-0.39, 0.29) is 18.1 Å². The van der Waals surface area contributed by atoms with Crippen molar-refractivity contribution < 1.29 is 10.2 Å². The van der Waals surface area contributed by atoms with Crippen LogP contribution in [0, 0.1) is 0 Å². The Kier molecular flexibility index (Phi) is 4.18. The Morgan fingerprint density at radius 3 is 2.68 bits per heavy atom. The summed E-state index contributed by atoms with van der Waals surface area (Å²) in [6, 6.07) is 12.3. The van der Waals surface area contributed by atoms with Gasteiger partial charge in [0.25, 0.3) is 0 Å². The summed E-state index contributed by atoms with van der Waals surface area (Å²) in [5, 5.41) is 20.9. The summed E-state index contributed by atoms with van der Waals surface area (Å²) in [5.74, 6) is 0. The van der Waals surface area contributed by atoms with Crippen molar-refractivity contribution in [3.05, 3.63) is 78.1 Å². The van der Waals surface area contributed by atoms with Crippen molar-refractivity contribution in [3.8, 4) is 0 Å². The molecule has 6 nitrogen and oxygen atoms in total. The Labute approximate surface area is 164 Å². The van der Waals surface area contributed by atoms with Crippen molar-refractivity contribution in [3.63, 3.8) is 0 Å². The molecule has 0 unspecified atom stereocenters. The standard InChI is InChI=1S/C22H24N4O2/c27-14-16-13-17(5-8-24-16)25-10-6-22(7-11-25)19-4-2-1-3-18(19)20(21(22)28)26-12-9-23-15-26/h1-5,8-9,12-13,15,20-21,27-28H,6-7,10-11,14H2/t20-,21+/m1/s1. The zero-order chi connectivity index (χ0) is 19.1. The summed E-state index contributed by atoms with van der Waals surface area (Å²) in [6.07, 6.45) is 8.54. The quantitative estimate of drug-likeness (QED) is 0.734. The van der Waals surface area contributed by atoms with Crippen LogP contribution in [0.3, 0.4) is 0 Å². The molecular formula is C22H24N4O2. The van der Waals surface area contributed by atoms with E-state index in [1.54, 1.807) is 18.7 Å². The molecule has 2 atom stereocenters. The van der Waals surface area contributed by atoms with E-state index >= 15 is 0 Å². The molecule has 1 spiro atoms. The van der Waals surface area contributed by atoms with Crippen LogP contribution in [0.4, 0.5) is 5.69 Å². The van der Waals surface area contributed by atoms with Gasteiger partial charge in [-0.1, -0.05) is 24.3 Å². The summed E-state index contributed by atoms with van der Waals surface area (Å²) in [5.41, 5.74) is 4.00. The molecule has 1 aliphatic heterocycles. The Bertz CT molecular complexity index is 964. The molecule has 3 heterocycles. The Balaban J connectivity index is 1.46. The topological polar surface area (TPSA) is 74.4 Å². The third kappa shape index (κ3) is 2.56. The van der Waals surface area contributed by atoms with Crippen molar-refractivity contribution in [2.75, 3.05) is 18.0 Å². The zero-order valence-corrected chi connectivity index (χ0v) is 15.6.